The maximum Gasteiger partial charge on any atom is 0.228 e. The van der Waals surface area contributed by atoms with Crippen molar-refractivity contribution in [3.8, 4) is 0 Å². The van der Waals surface area contributed by atoms with Crippen LogP contribution in [0.25, 0.3) is 0 Å². The van der Waals surface area contributed by atoms with Crippen LogP contribution in [0, 0.1) is 5.92 Å². The summed E-state index contributed by atoms with van der Waals surface area (Å²) >= 11 is 0. The molecule has 0 heterocycles. The van der Waals surface area contributed by atoms with Crippen LogP contribution in [0.3, 0.4) is 0 Å². The van der Waals surface area contributed by atoms with Gasteiger partial charge in [-0.15, -0.1) is 0 Å². The summed E-state index contributed by atoms with van der Waals surface area (Å²) in [6, 6.07) is 0. The first kappa shape index (κ1) is 24.5. The molecule has 28 heavy (non-hydrogen) atoms. The van der Waals surface area contributed by atoms with Gasteiger partial charge in [-0.1, -0.05) is 78.1 Å². The van der Waals surface area contributed by atoms with Crippen molar-refractivity contribution in [2.75, 3.05) is 14.2 Å². The van der Waals surface area contributed by atoms with E-state index in [1.165, 1.54) is 65.6 Å². The summed E-state index contributed by atoms with van der Waals surface area (Å²) in [5, 5.41) is 0. The molecule has 0 fully saturated rings. The molecule has 0 aliphatic heterocycles. The fraction of sp³-hybridized carbons (Fsp3) is 0.750. The Labute approximate surface area is 171 Å². The van der Waals surface area contributed by atoms with E-state index < -0.39 is 0 Å². The van der Waals surface area contributed by atoms with Gasteiger partial charge in [-0.3, -0.25) is 9.59 Å². The Morgan fingerprint density at radius 3 is 1.54 bits per heavy atom. The summed E-state index contributed by atoms with van der Waals surface area (Å²) in [4.78, 5) is 25.9. The van der Waals surface area contributed by atoms with Gasteiger partial charge in [0.05, 0.1) is 14.2 Å². The van der Waals surface area contributed by atoms with Gasteiger partial charge in [0, 0.05) is 11.1 Å². The molecule has 0 radical (unpaired) electrons. The SMILES string of the molecule is CCCCCCCC(CCCCCCC)C1=C(C)C(=O)C(OC)=C(OC)C1=O. The minimum Gasteiger partial charge on any atom is -0.489 e. The van der Waals surface area contributed by atoms with E-state index in [9.17, 15) is 9.59 Å². The molecule has 160 valence electrons. The second-order valence-corrected chi connectivity index (χ2v) is 7.87. The van der Waals surface area contributed by atoms with Crippen molar-refractivity contribution in [1.29, 1.82) is 0 Å². The number of unbranched alkanes of at least 4 members (excludes halogenated alkanes) is 8. The summed E-state index contributed by atoms with van der Waals surface area (Å²) in [7, 11) is 2.85. The molecule has 0 amide bonds. The summed E-state index contributed by atoms with van der Waals surface area (Å²) in [6.45, 7) is 6.19. The molecule has 0 aromatic rings. The molecule has 4 nitrogen and oxygen atoms in total. The fourth-order valence-corrected chi connectivity index (χ4v) is 4.08. The highest BCUT2D eigenvalue weighted by atomic mass is 16.5. The first-order valence-corrected chi connectivity index (χ1v) is 11.2. The van der Waals surface area contributed by atoms with Gasteiger partial charge >= 0.3 is 0 Å². The largest absolute Gasteiger partial charge is 0.489 e. The van der Waals surface area contributed by atoms with Crippen molar-refractivity contribution in [3.05, 3.63) is 22.7 Å². The normalized spacial score (nSPS) is 15.1. The minimum absolute atomic E-state index is 0.0402. The first-order chi connectivity index (χ1) is 13.5. The molecule has 1 aliphatic rings. The summed E-state index contributed by atoms with van der Waals surface area (Å²) in [6.07, 6.45) is 13.9. The monoisotopic (exact) mass is 392 g/mol. The molecule has 4 heteroatoms. The smallest absolute Gasteiger partial charge is 0.228 e. The number of carbonyl (C=O) groups excluding carboxylic acids is 2. The molecule has 0 N–H and O–H groups in total. The lowest BCUT2D eigenvalue weighted by molar-refractivity contribution is -0.121. The van der Waals surface area contributed by atoms with Crippen molar-refractivity contribution in [2.24, 2.45) is 5.92 Å². The highest BCUT2D eigenvalue weighted by Crippen LogP contribution is 2.35. The molecule has 0 saturated carbocycles. The van der Waals surface area contributed by atoms with Crippen LogP contribution in [-0.2, 0) is 19.1 Å². The lowest BCUT2D eigenvalue weighted by atomic mass is 9.79. The van der Waals surface area contributed by atoms with E-state index in [2.05, 4.69) is 13.8 Å². The molecule has 0 unspecified atom stereocenters. The molecule has 0 saturated heterocycles. The highest BCUT2D eigenvalue weighted by Gasteiger charge is 2.37. The van der Waals surface area contributed by atoms with E-state index >= 15 is 0 Å². The summed E-state index contributed by atoms with van der Waals surface area (Å²) in [5.74, 6) is -0.142. The molecule has 0 aromatic carbocycles. The average molecular weight is 393 g/mol. The number of allylic oxidation sites excluding steroid dienone is 2. The number of Topliss-reactive ketones (excluding diaryl/α,β-unsaturated/α-hetero) is 2. The maximum absolute atomic E-state index is 13.1. The Hall–Kier alpha value is -1.58. The van der Waals surface area contributed by atoms with Crippen molar-refractivity contribution < 1.29 is 19.1 Å². The van der Waals surface area contributed by atoms with Crippen molar-refractivity contribution in [1.82, 2.24) is 0 Å². The van der Waals surface area contributed by atoms with Crippen LogP contribution in [0.1, 0.15) is 97.8 Å². The number of hydrogen-bond acceptors (Lipinski definition) is 4. The summed E-state index contributed by atoms with van der Waals surface area (Å²) < 4.78 is 10.4. The van der Waals surface area contributed by atoms with Crippen LogP contribution in [0.5, 0.6) is 0 Å². The lowest BCUT2D eigenvalue weighted by Gasteiger charge is -2.26. The van der Waals surface area contributed by atoms with Crippen LogP contribution in [-0.4, -0.2) is 25.8 Å². The van der Waals surface area contributed by atoms with Crippen molar-refractivity contribution in [3.63, 3.8) is 0 Å². The third-order valence-corrected chi connectivity index (χ3v) is 5.74. The Balaban J connectivity index is 2.94. The van der Waals surface area contributed by atoms with E-state index in [4.69, 9.17) is 9.47 Å². The zero-order valence-corrected chi connectivity index (χ0v) is 18.7. The Bertz CT molecular complexity index is 557. The number of hydrogen-bond donors (Lipinski definition) is 0. The number of carbonyl (C=O) groups is 2. The standard InChI is InChI=1S/C24H40O4/c1-6-8-10-12-14-16-19(17-15-13-11-9-7-2)20-18(3)21(25)23(27-4)24(28-5)22(20)26/h19H,6-17H2,1-5H3. The molecule has 0 bridgehead atoms. The molecular formula is C24H40O4. The lowest BCUT2D eigenvalue weighted by Crippen LogP contribution is -2.28. The zero-order chi connectivity index (χ0) is 20.9. The predicted octanol–water partition coefficient (Wildman–Crippen LogP) is 6.30. The van der Waals surface area contributed by atoms with Crippen molar-refractivity contribution >= 4 is 11.6 Å². The number of methoxy groups -OCH3 is 2. The molecule has 0 spiro atoms. The maximum atomic E-state index is 13.1. The third-order valence-electron chi connectivity index (χ3n) is 5.74. The Morgan fingerprint density at radius 1 is 0.679 bits per heavy atom. The number of ketones is 2. The Kier molecular flexibility index (Phi) is 11.9. The first-order valence-electron chi connectivity index (χ1n) is 11.2. The molecule has 0 atom stereocenters. The third kappa shape index (κ3) is 6.79. The van der Waals surface area contributed by atoms with Crippen LogP contribution in [0.4, 0.5) is 0 Å². The van der Waals surface area contributed by atoms with Crippen LogP contribution in [0.15, 0.2) is 22.7 Å². The molecule has 1 aliphatic carbocycles. The van der Waals surface area contributed by atoms with Gasteiger partial charge in [-0.05, 0) is 25.7 Å². The van der Waals surface area contributed by atoms with Gasteiger partial charge in [-0.25, -0.2) is 0 Å². The van der Waals surface area contributed by atoms with Crippen molar-refractivity contribution in [2.45, 2.75) is 97.8 Å². The van der Waals surface area contributed by atoms with E-state index in [0.29, 0.717) is 11.1 Å². The molecular weight excluding hydrogens is 352 g/mol. The second kappa shape index (κ2) is 13.6. The average Bonchev–Trinajstić information content (AvgIpc) is 2.69. The quantitative estimate of drug-likeness (QED) is 0.242. The van der Waals surface area contributed by atoms with Crippen LogP contribution in [0.2, 0.25) is 0 Å². The number of rotatable bonds is 15. The summed E-state index contributed by atoms with van der Waals surface area (Å²) in [5.41, 5.74) is 1.20. The molecule has 0 aromatic heterocycles. The van der Waals surface area contributed by atoms with Gasteiger partial charge in [-0.2, -0.15) is 0 Å². The second-order valence-electron chi connectivity index (χ2n) is 7.87. The zero-order valence-electron chi connectivity index (χ0n) is 18.7. The van der Waals surface area contributed by atoms with Gasteiger partial charge < -0.3 is 9.47 Å². The fourth-order valence-electron chi connectivity index (χ4n) is 4.08. The topological polar surface area (TPSA) is 52.6 Å². The van der Waals surface area contributed by atoms with E-state index in [1.54, 1.807) is 6.92 Å². The van der Waals surface area contributed by atoms with Gasteiger partial charge in [0.25, 0.3) is 0 Å². The van der Waals surface area contributed by atoms with E-state index in [-0.39, 0.29) is 29.0 Å². The van der Waals surface area contributed by atoms with Gasteiger partial charge in [0.1, 0.15) is 0 Å². The molecule has 1 rings (SSSR count). The predicted molar refractivity (Wildman–Crippen MR) is 114 cm³/mol. The van der Waals surface area contributed by atoms with Crippen LogP contribution < -0.4 is 0 Å². The Morgan fingerprint density at radius 2 is 1.11 bits per heavy atom. The highest BCUT2D eigenvalue weighted by molar-refractivity contribution is 6.23. The minimum atomic E-state index is -0.212. The van der Waals surface area contributed by atoms with Gasteiger partial charge in [0.15, 0.2) is 0 Å². The van der Waals surface area contributed by atoms with E-state index in [1.807, 2.05) is 0 Å². The number of ether oxygens (including phenoxy) is 2. The van der Waals surface area contributed by atoms with Crippen LogP contribution >= 0.6 is 0 Å². The van der Waals surface area contributed by atoms with E-state index in [0.717, 1.165) is 25.7 Å². The van der Waals surface area contributed by atoms with Gasteiger partial charge in [0.2, 0.25) is 23.1 Å².